The van der Waals surface area contributed by atoms with Crippen LogP contribution in [-0.2, 0) is 0 Å². The van der Waals surface area contributed by atoms with Crippen molar-refractivity contribution in [3.05, 3.63) is 110 Å². The largest absolute Gasteiger partial charge is 0.203 e. The Morgan fingerprint density at radius 3 is 0.921 bits per heavy atom. The highest BCUT2D eigenvalue weighted by Gasteiger charge is 2.39. The van der Waals surface area contributed by atoms with Crippen molar-refractivity contribution in [2.75, 3.05) is 0 Å². The van der Waals surface area contributed by atoms with Gasteiger partial charge in [-0.2, -0.15) is 0 Å². The topological polar surface area (TPSA) is 0 Å². The second kappa shape index (κ2) is 9.13. The van der Waals surface area contributed by atoms with Crippen LogP contribution in [0.25, 0.3) is 16.7 Å². The van der Waals surface area contributed by atoms with Crippen LogP contribution in [0.15, 0.2) is 6.08 Å². The van der Waals surface area contributed by atoms with E-state index in [9.17, 15) is 65.9 Å². The molecule has 0 atom stereocenters. The first kappa shape index (κ1) is 27.1. The van der Waals surface area contributed by atoms with Crippen LogP contribution in [0.2, 0.25) is 0 Å². The number of hydrogen-bond donors (Lipinski definition) is 0. The summed E-state index contributed by atoms with van der Waals surface area (Å²) >= 11 is 0. The third-order valence-corrected chi connectivity index (χ3v) is 5.53. The van der Waals surface area contributed by atoms with E-state index in [1.54, 1.807) is 0 Å². The Balaban J connectivity index is 2.24. The van der Waals surface area contributed by atoms with Crippen LogP contribution < -0.4 is 0 Å². The van der Waals surface area contributed by atoms with Gasteiger partial charge in [0, 0.05) is 0 Å². The Hall–Kier alpha value is -3.91. The fourth-order valence-electron chi connectivity index (χ4n) is 3.85. The zero-order valence-electron chi connectivity index (χ0n) is 17.5. The summed E-state index contributed by atoms with van der Waals surface area (Å²) in [5, 5.41) is 0. The standard InChI is InChI=1S/C23H3F15/c24-9-6(10(25)16(31)21(36)15(9)30)3-1-2-4(7-11(26)17(32)22(37)18(33)12(7)27)5(3)8-13(28)19(34)23(38)20(35)14(8)29/h1H,2H2. The molecule has 38 heavy (non-hydrogen) atoms. The summed E-state index contributed by atoms with van der Waals surface area (Å²) in [6.45, 7) is 0. The van der Waals surface area contributed by atoms with Crippen LogP contribution >= 0.6 is 0 Å². The fraction of sp³-hybridized carbons (Fsp3) is 0.0435. The molecule has 0 aliphatic heterocycles. The molecule has 1 aliphatic carbocycles. The molecule has 0 radical (unpaired) electrons. The van der Waals surface area contributed by atoms with Crippen LogP contribution in [0.5, 0.6) is 0 Å². The van der Waals surface area contributed by atoms with Gasteiger partial charge in [0.05, 0.1) is 16.7 Å². The number of rotatable bonds is 3. The molecule has 3 aromatic carbocycles. The van der Waals surface area contributed by atoms with Crippen LogP contribution in [0, 0.1) is 87.3 Å². The molecule has 3 aromatic rings. The second-order valence-electron chi connectivity index (χ2n) is 7.51. The fourth-order valence-corrected chi connectivity index (χ4v) is 3.85. The molecule has 0 fully saturated rings. The van der Waals surface area contributed by atoms with Crippen LogP contribution in [0.3, 0.4) is 0 Å². The van der Waals surface area contributed by atoms with Gasteiger partial charge in [-0.1, -0.05) is 6.08 Å². The predicted molar refractivity (Wildman–Crippen MR) is 98.1 cm³/mol. The first-order chi connectivity index (χ1) is 17.6. The molecule has 0 nitrogen and oxygen atoms in total. The van der Waals surface area contributed by atoms with Gasteiger partial charge in [0.1, 0.15) is 0 Å². The lowest BCUT2D eigenvalue weighted by Crippen LogP contribution is -2.12. The Morgan fingerprint density at radius 1 is 0.316 bits per heavy atom. The van der Waals surface area contributed by atoms with Gasteiger partial charge in [-0.15, -0.1) is 0 Å². The quantitative estimate of drug-likeness (QED) is 0.171. The van der Waals surface area contributed by atoms with Crippen molar-refractivity contribution >= 4 is 16.7 Å². The summed E-state index contributed by atoms with van der Waals surface area (Å²) in [7, 11) is 0. The first-order valence-electron chi connectivity index (χ1n) is 9.64. The highest BCUT2D eigenvalue weighted by atomic mass is 19.2. The van der Waals surface area contributed by atoms with Gasteiger partial charge in [-0.25, -0.2) is 65.9 Å². The van der Waals surface area contributed by atoms with Gasteiger partial charge in [0.25, 0.3) is 0 Å². The van der Waals surface area contributed by atoms with Gasteiger partial charge in [-0.05, 0) is 23.1 Å². The van der Waals surface area contributed by atoms with E-state index in [0.717, 1.165) is 0 Å². The van der Waals surface area contributed by atoms with Crippen molar-refractivity contribution in [1.29, 1.82) is 0 Å². The average Bonchev–Trinajstić information content (AvgIpc) is 3.30. The normalized spacial score (nSPS) is 13.6. The van der Waals surface area contributed by atoms with Gasteiger partial charge >= 0.3 is 0 Å². The molecule has 0 heterocycles. The van der Waals surface area contributed by atoms with Crippen LogP contribution in [0.1, 0.15) is 23.1 Å². The average molecular weight is 564 g/mol. The van der Waals surface area contributed by atoms with E-state index in [1.165, 1.54) is 0 Å². The van der Waals surface area contributed by atoms with Crippen LogP contribution in [0.4, 0.5) is 65.9 Å². The molecule has 1 aliphatic rings. The van der Waals surface area contributed by atoms with Crippen molar-refractivity contribution in [1.82, 2.24) is 0 Å². The van der Waals surface area contributed by atoms with Crippen molar-refractivity contribution in [2.24, 2.45) is 0 Å². The number of allylic oxidation sites excluding steroid dienone is 4. The molecule has 0 saturated carbocycles. The Bertz CT molecular complexity index is 1540. The molecule has 15 heteroatoms. The molecule has 0 amide bonds. The lowest BCUT2D eigenvalue weighted by molar-refractivity contribution is 0.375. The maximum absolute atomic E-state index is 14.7. The van der Waals surface area contributed by atoms with E-state index in [2.05, 4.69) is 0 Å². The minimum Gasteiger partial charge on any atom is -0.203 e. The smallest absolute Gasteiger partial charge is 0.200 e. The number of halogens is 15. The molecule has 0 bridgehead atoms. The van der Waals surface area contributed by atoms with E-state index in [4.69, 9.17) is 0 Å². The van der Waals surface area contributed by atoms with E-state index in [-0.39, 0.29) is 6.08 Å². The van der Waals surface area contributed by atoms with Gasteiger partial charge in [0.2, 0.25) is 17.5 Å². The second-order valence-corrected chi connectivity index (χ2v) is 7.51. The zero-order chi connectivity index (χ0) is 28.5. The molecule has 0 aromatic heterocycles. The van der Waals surface area contributed by atoms with Gasteiger partial charge in [-0.3, -0.25) is 0 Å². The molecular formula is C23H3F15. The molecule has 0 unspecified atom stereocenters. The van der Waals surface area contributed by atoms with Crippen molar-refractivity contribution < 1.29 is 65.9 Å². The molecule has 4 rings (SSSR count). The third-order valence-electron chi connectivity index (χ3n) is 5.53. The summed E-state index contributed by atoms with van der Waals surface area (Å²) in [6, 6.07) is 0. The highest BCUT2D eigenvalue weighted by molar-refractivity contribution is 6.18. The zero-order valence-corrected chi connectivity index (χ0v) is 17.5. The summed E-state index contributed by atoms with van der Waals surface area (Å²) in [5.41, 5.74) is -11.2. The van der Waals surface area contributed by atoms with Crippen molar-refractivity contribution in [3.63, 3.8) is 0 Å². The van der Waals surface area contributed by atoms with E-state index >= 15 is 0 Å². The molecule has 200 valence electrons. The first-order valence-corrected chi connectivity index (χ1v) is 9.64. The highest BCUT2D eigenvalue weighted by Crippen LogP contribution is 2.50. The monoisotopic (exact) mass is 564 g/mol. The minimum atomic E-state index is -2.81. The van der Waals surface area contributed by atoms with E-state index in [1.807, 2.05) is 0 Å². The maximum atomic E-state index is 14.7. The molecule has 0 saturated heterocycles. The molecule has 0 N–H and O–H groups in total. The predicted octanol–water partition coefficient (Wildman–Crippen LogP) is 8.17. The number of benzene rings is 3. The lowest BCUT2D eigenvalue weighted by atomic mass is 9.88. The maximum Gasteiger partial charge on any atom is 0.200 e. The van der Waals surface area contributed by atoms with Crippen LogP contribution in [-0.4, -0.2) is 0 Å². The molecular weight excluding hydrogens is 561 g/mol. The molecule has 0 spiro atoms. The third kappa shape index (κ3) is 3.58. The summed E-state index contributed by atoms with van der Waals surface area (Å²) in [5.74, 6) is -40.8. The summed E-state index contributed by atoms with van der Waals surface area (Å²) < 4.78 is 212. The number of hydrogen-bond acceptors (Lipinski definition) is 0. The van der Waals surface area contributed by atoms with E-state index < -0.39 is 127 Å². The van der Waals surface area contributed by atoms with Crippen molar-refractivity contribution in [2.45, 2.75) is 6.42 Å². The van der Waals surface area contributed by atoms with Crippen molar-refractivity contribution in [3.8, 4) is 0 Å². The SMILES string of the molecule is Fc1c(F)c(F)c(C2=CCC(c3c(F)c(F)c(F)c(F)c3F)=C2c2c(F)c(F)c(F)c(F)c2F)c(F)c1F. The van der Waals surface area contributed by atoms with Gasteiger partial charge < -0.3 is 0 Å². The lowest BCUT2D eigenvalue weighted by Gasteiger charge is -2.18. The van der Waals surface area contributed by atoms with E-state index in [0.29, 0.717) is 0 Å². The Labute approximate surface area is 199 Å². The minimum absolute atomic E-state index is 0.263. The summed E-state index contributed by atoms with van der Waals surface area (Å²) in [6.07, 6.45) is -1.04. The summed E-state index contributed by atoms with van der Waals surface area (Å²) in [4.78, 5) is 0. The Kier molecular flexibility index (Phi) is 6.52. The van der Waals surface area contributed by atoms with Gasteiger partial charge in [0.15, 0.2) is 69.8 Å². The Morgan fingerprint density at radius 2 is 0.579 bits per heavy atom.